The van der Waals surface area contributed by atoms with Crippen LogP contribution in [0.4, 0.5) is 8.78 Å². The molecule has 0 amide bonds. The maximum absolute atomic E-state index is 11.6. The van der Waals surface area contributed by atoms with Gasteiger partial charge in [-0.3, -0.25) is 0 Å². The van der Waals surface area contributed by atoms with Crippen molar-refractivity contribution in [2.45, 2.75) is 18.6 Å². The van der Waals surface area contributed by atoms with Gasteiger partial charge < -0.3 is 5.11 Å². The molecule has 0 heterocycles. The molecule has 0 radical (unpaired) electrons. The van der Waals surface area contributed by atoms with E-state index in [0.29, 0.717) is 12.8 Å². The summed E-state index contributed by atoms with van der Waals surface area (Å²) in [5, 5.41) is 8.28. The second-order valence-corrected chi connectivity index (χ2v) is 3.87. The highest BCUT2D eigenvalue weighted by atomic mass is 32.2. The Balaban J connectivity index is 3.63. The number of nitrogens with one attached hydrogen (secondary N) is 1. The van der Waals surface area contributed by atoms with E-state index in [0.717, 1.165) is 0 Å². The van der Waals surface area contributed by atoms with E-state index < -0.39 is 15.8 Å². The molecule has 0 saturated carbocycles. The first-order valence-corrected chi connectivity index (χ1v) is 4.93. The number of alkyl halides is 2. The maximum Gasteiger partial charge on any atom is 0.350 e. The molecule has 0 bridgehead atoms. The average Bonchev–Trinajstić information content (AvgIpc) is 1.98. The molecule has 0 rings (SSSR count). The van der Waals surface area contributed by atoms with Crippen LogP contribution < -0.4 is 4.72 Å². The Hall–Kier alpha value is -0.270. The van der Waals surface area contributed by atoms with E-state index in [1.807, 2.05) is 0 Å². The van der Waals surface area contributed by atoms with Crippen molar-refractivity contribution in [3.63, 3.8) is 0 Å². The molecule has 0 aliphatic heterocycles. The third-order valence-corrected chi connectivity index (χ3v) is 2.20. The summed E-state index contributed by atoms with van der Waals surface area (Å²) in [6, 6.07) is 0. The number of halogens is 2. The van der Waals surface area contributed by atoms with E-state index >= 15 is 0 Å². The standard InChI is InChI=1S/C5H11F2NO3S/c6-5(7)12(10,11)8-3-1-2-4-9/h5,8-9H,1-4H2. The molecule has 0 saturated heterocycles. The number of rotatable bonds is 6. The SMILES string of the molecule is O=S(=O)(NCCCCO)C(F)F. The Kier molecular flexibility index (Phi) is 5.27. The molecular weight excluding hydrogens is 192 g/mol. The van der Waals surface area contributed by atoms with Gasteiger partial charge in [0.1, 0.15) is 0 Å². The van der Waals surface area contributed by atoms with Gasteiger partial charge in [0.2, 0.25) is 0 Å². The second-order valence-electron chi connectivity index (χ2n) is 2.13. The Morgan fingerprint density at radius 1 is 1.33 bits per heavy atom. The predicted molar refractivity (Wildman–Crippen MR) is 39.2 cm³/mol. The fraction of sp³-hybridized carbons (Fsp3) is 1.00. The highest BCUT2D eigenvalue weighted by molar-refractivity contribution is 7.89. The largest absolute Gasteiger partial charge is 0.396 e. The van der Waals surface area contributed by atoms with Gasteiger partial charge in [0.15, 0.2) is 0 Å². The quantitative estimate of drug-likeness (QED) is 0.592. The van der Waals surface area contributed by atoms with Crippen LogP contribution in [0.1, 0.15) is 12.8 Å². The molecule has 0 aliphatic rings. The van der Waals surface area contributed by atoms with Gasteiger partial charge >= 0.3 is 5.76 Å². The van der Waals surface area contributed by atoms with Crippen molar-refractivity contribution in [3.05, 3.63) is 0 Å². The maximum atomic E-state index is 11.6. The topological polar surface area (TPSA) is 66.4 Å². The van der Waals surface area contributed by atoms with Crippen molar-refractivity contribution in [2.75, 3.05) is 13.2 Å². The summed E-state index contributed by atoms with van der Waals surface area (Å²) < 4.78 is 45.7. The Bertz CT molecular complexity index is 205. The molecule has 0 unspecified atom stereocenters. The van der Waals surface area contributed by atoms with E-state index in [1.54, 1.807) is 4.72 Å². The van der Waals surface area contributed by atoms with Crippen LogP contribution in [-0.2, 0) is 10.0 Å². The number of aliphatic hydroxyl groups excluding tert-OH is 1. The molecule has 12 heavy (non-hydrogen) atoms. The fourth-order valence-corrected chi connectivity index (χ4v) is 1.07. The second kappa shape index (κ2) is 5.39. The lowest BCUT2D eigenvalue weighted by atomic mass is 10.3. The summed E-state index contributed by atoms with van der Waals surface area (Å²) in [5.41, 5.74) is 0. The molecule has 7 heteroatoms. The van der Waals surface area contributed by atoms with Gasteiger partial charge in [0.05, 0.1) is 0 Å². The minimum absolute atomic E-state index is 0.0623. The number of hydrogen-bond acceptors (Lipinski definition) is 3. The molecule has 0 fully saturated rings. The zero-order chi connectivity index (χ0) is 9.61. The van der Waals surface area contributed by atoms with Crippen molar-refractivity contribution in [1.82, 2.24) is 4.72 Å². The summed E-state index contributed by atoms with van der Waals surface area (Å²) in [6.07, 6.45) is 0.744. The normalized spacial score (nSPS) is 12.3. The van der Waals surface area contributed by atoms with Crippen LogP contribution in [-0.4, -0.2) is 32.4 Å². The molecule has 0 atom stereocenters. The lowest BCUT2D eigenvalue weighted by Gasteiger charge is -2.03. The first-order chi connectivity index (χ1) is 5.50. The Labute approximate surface area is 69.6 Å². The van der Waals surface area contributed by atoms with Crippen LogP contribution in [0, 0.1) is 0 Å². The first-order valence-electron chi connectivity index (χ1n) is 3.38. The molecule has 4 nitrogen and oxygen atoms in total. The van der Waals surface area contributed by atoms with Gasteiger partial charge in [0, 0.05) is 13.2 Å². The van der Waals surface area contributed by atoms with Crippen LogP contribution in [0.2, 0.25) is 0 Å². The number of sulfonamides is 1. The molecule has 0 aromatic rings. The van der Waals surface area contributed by atoms with Crippen LogP contribution in [0.5, 0.6) is 0 Å². The lowest BCUT2D eigenvalue weighted by Crippen LogP contribution is -2.30. The third-order valence-electron chi connectivity index (χ3n) is 1.12. The van der Waals surface area contributed by atoms with E-state index in [9.17, 15) is 17.2 Å². The van der Waals surface area contributed by atoms with E-state index in [2.05, 4.69) is 0 Å². The Morgan fingerprint density at radius 3 is 2.33 bits per heavy atom. The molecule has 74 valence electrons. The van der Waals surface area contributed by atoms with E-state index in [1.165, 1.54) is 0 Å². The average molecular weight is 203 g/mol. The monoisotopic (exact) mass is 203 g/mol. The van der Waals surface area contributed by atoms with Crippen molar-refractivity contribution in [2.24, 2.45) is 0 Å². The summed E-state index contributed by atoms with van der Waals surface area (Å²) in [5.74, 6) is -3.38. The predicted octanol–water partition coefficient (Wildman–Crippen LogP) is -0.0991. The first kappa shape index (κ1) is 11.7. The van der Waals surface area contributed by atoms with Crippen LogP contribution in [0.25, 0.3) is 0 Å². The number of aliphatic hydroxyl groups is 1. The summed E-state index contributed by atoms with van der Waals surface area (Å²) in [4.78, 5) is 0. The van der Waals surface area contributed by atoms with Crippen molar-refractivity contribution >= 4 is 10.0 Å². The van der Waals surface area contributed by atoms with Gasteiger partial charge in [-0.25, -0.2) is 13.1 Å². The zero-order valence-corrected chi connectivity index (χ0v) is 7.15. The molecule has 0 aromatic carbocycles. The number of hydrogen-bond donors (Lipinski definition) is 2. The molecule has 0 aliphatic carbocycles. The van der Waals surface area contributed by atoms with Crippen LogP contribution >= 0.6 is 0 Å². The van der Waals surface area contributed by atoms with Gasteiger partial charge in [-0.1, -0.05) is 0 Å². The van der Waals surface area contributed by atoms with E-state index in [4.69, 9.17) is 5.11 Å². The van der Waals surface area contributed by atoms with Gasteiger partial charge in [-0.05, 0) is 12.8 Å². The summed E-state index contributed by atoms with van der Waals surface area (Å²) >= 11 is 0. The number of unbranched alkanes of at least 4 members (excludes halogenated alkanes) is 1. The Morgan fingerprint density at radius 2 is 1.92 bits per heavy atom. The highest BCUT2D eigenvalue weighted by Gasteiger charge is 2.22. The summed E-state index contributed by atoms with van der Waals surface area (Å²) in [7, 11) is -4.44. The molecule has 0 aromatic heterocycles. The lowest BCUT2D eigenvalue weighted by molar-refractivity contribution is 0.232. The zero-order valence-electron chi connectivity index (χ0n) is 6.33. The van der Waals surface area contributed by atoms with E-state index in [-0.39, 0.29) is 13.2 Å². The highest BCUT2D eigenvalue weighted by Crippen LogP contribution is 2.01. The molecule has 2 N–H and O–H groups in total. The molecular formula is C5H11F2NO3S. The van der Waals surface area contributed by atoms with Gasteiger partial charge in [-0.15, -0.1) is 0 Å². The molecule has 0 spiro atoms. The van der Waals surface area contributed by atoms with Crippen LogP contribution in [0.3, 0.4) is 0 Å². The van der Waals surface area contributed by atoms with Crippen LogP contribution in [0.15, 0.2) is 0 Å². The third kappa shape index (κ3) is 4.58. The van der Waals surface area contributed by atoms with Crippen molar-refractivity contribution in [3.8, 4) is 0 Å². The van der Waals surface area contributed by atoms with Crippen molar-refractivity contribution < 1.29 is 22.3 Å². The van der Waals surface area contributed by atoms with Crippen molar-refractivity contribution in [1.29, 1.82) is 0 Å². The minimum Gasteiger partial charge on any atom is -0.396 e. The minimum atomic E-state index is -4.44. The fourth-order valence-electron chi connectivity index (χ4n) is 0.514. The summed E-state index contributed by atoms with van der Waals surface area (Å²) in [6.45, 7) is -0.135. The smallest absolute Gasteiger partial charge is 0.350 e. The van der Waals surface area contributed by atoms with Gasteiger partial charge in [-0.2, -0.15) is 8.78 Å². The van der Waals surface area contributed by atoms with Gasteiger partial charge in [0.25, 0.3) is 10.0 Å².